The predicted molar refractivity (Wildman–Crippen MR) is 70.9 cm³/mol. The first-order valence-corrected chi connectivity index (χ1v) is 6.80. The van der Waals surface area contributed by atoms with Crippen molar-refractivity contribution >= 4 is 0 Å². The number of nitrogens with one attached hydrogen (secondary N) is 1. The Morgan fingerprint density at radius 3 is 2.53 bits per heavy atom. The van der Waals surface area contributed by atoms with Crippen LogP contribution in [-0.4, -0.2) is 30.1 Å². The Kier molecular flexibility index (Phi) is 2.93. The third-order valence-corrected chi connectivity index (χ3v) is 4.31. The van der Waals surface area contributed by atoms with Gasteiger partial charge in [0, 0.05) is 31.2 Å². The van der Waals surface area contributed by atoms with E-state index in [2.05, 4.69) is 54.4 Å². The van der Waals surface area contributed by atoms with E-state index in [0.717, 1.165) is 18.5 Å². The minimum Gasteiger partial charge on any atom is -0.307 e. The molecular weight excluding hydrogens is 208 g/mol. The molecule has 2 nitrogen and oxygen atoms in total. The second-order valence-corrected chi connectivity index (χ2v) is 5.70. The van der Waals surface area contributed by atoms with E-state index in [9.17, 15) is 0 Å². The molecule has 4 unspecified atom stereocenters. The van der Waals surface area contributed by atoms with Crippen LogP contribution >= 0.6 is 0 Å². The zero-order chi connectivity index (χ0) is 11.8. The maximum atomic E-state index is 3.67. The molecular formula is C15H22N2. The van der Waals surface area contributed by atoms with E-state index in [1.54, 1.807) is 0 Å². The van der Waals surface area contributed by atoms with Crippen LogP contribution in [0.25, 0.3) is 0 Å². The number of nitrogens with zero attached hydrogens (tertiary/aromatic N) is 1. The van der Waals surface area contributed by atoms with Gasteiger partial charge in [0.15, 0.2) is 0 Å². The average Bonchev–Trinajstić information content (AvgIpc) is 3.08. The molecule has 1 aliphatic carbocycles. The fourth-order valence-electron chi connectivity index (χ4n) is 3.02. The first kappa shape index (κ1) is 11.2. The van der Waals surface area contributed by atoms with Gasteiger partial charge in [-0.15, -0.1) is 0 Å². The molecule has 4 atom stereocenters. The normalized spacial score (nSPS) is 38.0. The van der Waals surface area contributed by atoms with Crippen molar-refractivity contribution < 1.29 is 0 Å². The summed E-state index contributed by atoms with van der Waals surface area (Å²) >= 11 is 0. The number of hydrogen-bond donors (Lipinski definition) is 1. The quantitative estimate of drug-likeness (QED) is 0.839. The van der Waals surface area contributed by atoms with Crippen LogP contribution in [0.5, 0.6) is 0 Å². The summed E-state index contributed by atoms with van der Waals surface area (Å²) in [5, 5.41) is 3.67. The zero-order valence-electron chi connectivity index (χ0n) is 10.8. The van der Waals surface area contributed by atoms with Crippen LogP contribution in [0.15, 0.2) is 30.3 Å². The molecule has 1 aliphatic heterocycles. The van der Waals surface area contributed by atoms with E-state index in [-0.39, 0.29) is 0 Å². The van der Waals surface area contributed by atoms with Crippen molar-refractivity contribution in [3.63, 3.8) is 0 Å². The molecule has 2 fully saturated rings. The van der Waals surface area contributed by atoms with Gasteiger partial charge in [-0.2, -0.15) is 0 Å². The lowest BCUT2D eigenvalue weighted by atomic mass is 10.0. The monoisotopic (exact) mass is 230 g/mol. The molecule has 1 aromatic carbocycles. The molecule has 92 valence electrons. The third-order valence-electron chi connectivity index (χ3n) is 4.31. The van der Waals surface area contributed by atoms with Gasteiger partial charge in [0.25, 0.3) is 0 Å². The maximum absolute atomic E-state index is 3.67. The standard InChI is InChI=1S/C15H22N2/c1-11-8-15(11)17-10-14(16-9-12(17)2)13-6-4-3-5-7-13/h3-7,11-12,14-16H,8-10H2,1-2H3. The van der Waals surface area contributed by atoms with Crippen molar-refractivity contribution in [3.05, 3.63) is 35.9 Å². The second kappa shape index (κ2) is 4.43. The molecule has 0 aromatic heterocycles. The zero-order valence-corrected chi connectivity index (χ0v) is 10.8. The highest BCUT2D eigenvalue weighted by Gasteiger charge is 2.42. The highest BCUT2D eigenvalue weighted by molar-refractivity contribution is 5.20. The molecule has 1 heterocycles. The Bertz CT molecular complexity index is 374. The van der Waals surface area contributed by atoms with Gasteiger partial charge >= 0.3 is 0 Å². The summed E-state index contributed by atoms with van der Waals surface area (Å²) in [5.74, 6) is 0.909. The van der Waals surface area contributed by atoms with Crippen molar-refractivity contribution in [2.75, 3.05) is 13.1 Å². The van der Waals surface area contributed by atoms with E-state index in [1.165, 1.54) is 18.5 Å². The third kappa shape index (κ3) is 2.24. The van der Waals surface area contributed by atoms with Gasteiger partial charge in [0.1, 0.15) is 0 Å². The molecule has 1 saturated carbocycles. The maximum Gasteiger partial charge on any atom is 0.0450 e. The van der Waals surface area contributed by atoms with Crippen LogP contribution in [-0.2, 0) is 0 Å². The largest absolute Gasteiger partial charge is 0.307 e. The smallest absolute Gasteiger partial charge is 0.0450 e. The summed E-state index contributed by atoms with van der Waals surface area (Å²) in [6.45, 7) is 7.00. The minimum atomic E-state index is 0.514. The van der Waals surface area contributed by atoms with E-state index >= 15 is 0 Å². The summed E-state index contributed by atoms with van der Waals surface area (Å²) in [7, 11) is 0. The topological polar surface area (TPSA) is 15.3 Å². The van der Waals surface area contributed by atoms with Crippen LogP contribution in [0.4, 0.5) is 0 Å². The number of piperazine rings is 1. The van der Waals surface area contributed by atoms with Crippen LogP contribution < -0.4 is 5.32 Å². The lowest BCUT2D eigenvalue weighted by Gasteiger charge is -2.39. The average molecular weight is 230 g/mol. The molecule has 0 radical (unpaired) electrons. The van der Waals surface area contributed by atoms with Crippen molar-refractivity contribution in [3.8, 4) is 0 Å². The van der Waals surface area contributed by atoms with Gasteiger partial charge in [-0.1, -0.05) is 37.3 Å². The van der Waals surface area contributed by atoms with Gasteiger partial charge in [-0.05, 0) is 24.8 Å². The van der Waals surface area contributed by atoms with Crippen molar-refractivity contribution in [2.45, 2.75) is 38.4 Å². The Hall–Kier alpha value is -0.860. The van der Waals surface area contributed by atoms with Gasteiger partial charge in [0.2, 0.25) is 0 Å². The first-order valence-electron chi connectivity index (χ1n) is 6.80. The van der Waals surface area contributed by atoms with Crippen LogP contribution in [0, 0.1) is 5.92 Å². The molecule has 1 aromatic rings. The van der Waals surface area contributed by atoms with Crippen LogP contribution in [0.3, 0.4) is 0 Å². The van der Waals surface area contributed by atoms with Crippen LogP contribution in [0.1, 0.15) is 31.9 Å². The number of rotatable bonds is 2. The Balaban J connectivity index is 1.72. The number of hydrogen-bond acceptors (Lipinski definition) is 2. The van der Waals surface area contributed by atoms with Gasteiger partial charge in [-0.3, -0.25) is 4.90 Å². The van der Waals surface area contributed by atoms with Gasteiger partial charge in [-0.25, -0.2) is 0 Å². The van der Waals surface area contributed by atoms with Gasteiger partial charge in [0.05, 0.1) is 0 Å². The van der Waals surface area contributed by atoms with Crippen LogP contribution in [0.2, 0.25) is 0 Å². The van der Waals surface area contributed by atoms with E-state index in [4.69, 9.17) is 0 Å². The molecule has 0 bridgehead atoms. The minimum absolute atomic E-state index is 0.514. The van der Waals surface area contributed by atoms with Gasteiger partial charge < -0.3 is 5.32 Å². The Labute approximate surface area is 104 Å². The molecule has 0 spiro atoms. The Morgan fingerprint density at radius 1 is 1.18 bits per heavy atom. The highest BCUT2D eigenvalue weighted by Crippen LogP contribution is 2.38. The lowest BCUT2D eigenvalue weighted by molar-refractivity contribution is 0.127. The summed E-state index contributed by atoms with van der Waals surface area (Å²) in [6, 6.07) is 12.9. The molecule has 1 N–H and O–H groups in total. The molecule has 1 saturated heterocycles. The fraction of sp³-hybridized carbons (Fsp3) is 0.600. The summed E-state index contributed by atoms with van der Waals surface area (Å²) in [4.78, 5) is 2.71. The van der Waals surface area contributed by atoms with Crippen molar-refractivity contribution in [1.29, 1.82) is 0 Å². The molecule has 0 amide bonds. The SMILES string of the molecule is CC1CC1N1CC(c2ccccc2)NCC1C. The fourth-order valence-corrected chi connectivity index (χ4v) is 3.02. The van der Waals surface area contributed by atoms with Crippen molar-refractivity contribution in [1.82, 2.24) is 10.2 Å². The van der Waals surface area contributed by atoms with E-state index < -0.39 is 0 Å². The molecule has 17 heavy (non-hydrogen) atoms. The lowest BCUT2D eigenvalue weighted by Crippen LogP contribution is -2.52. The van der Waals surface area contributed by atoms with Crippen molar-refractivity contribution in [2.24, 2.45) is 5.92 Å². The first-order chi connectivity index (χ1) is 8.25. The molecule has 3 rings (SSSR count). The highest BCUT2D eigenvalue weighted by atomic mass is 15.3. The molecule has 2 aliphatic rings. The summed E-state index contributed by atoms with van der Waals surface area (Å²) in [6.07, 6.45) is 1.39. The summed E-state index contributed by atoms with van der Waals surface area (Å²) in [5.41, 5.74) is 1.43. The molecule has 2 heteroatoms. The van der Waals surface area contributed by atoms with E-state index in [0.29, 0.717) is 12.1 Å². The predicted octanol–water partition coefficient (Wildman–Crippen LogP) is 2.43. The summed E-state index contributed by atoms with van der Waals surface area (Å²) < 4.78 is 0. The number of benzene rings is 1. The Morgan fingerprint density at radius 2 is 1.88 bits per heavy atom. The van der Waals surface area contributed by atoms with E-state index in [1.807, 2.05) is 0 Å². The second-order valence-electron chi connectivity index (χ2n) is 5.70.